The van der Waals surface area contributed by atoms with Crippen molar-refractivity contribution in [2.75, 3.05) is 13.2 Å². The second-order valence-electron chi connectivity index (χ2n) is 5.87. The first-order valence-corrected chi connectivity index (χ1v) is 9.97. The number of hydrogen-bond donors (Lipinski definition) is 0. The van der Waals surface area contributed by atoms with Crippen LogP contribution in [0.15, 0.2) is 70.6 Å². The summed E-state index contributed by atoms with van der Waals surface area (Å²) < 4.78 is 6.26. The van der Waals surface area contributed by atoms with E-state index in [9.17, 15) is 14.4 Å². The second-order valence-corrected chi connectivity index (χ2v) is 7.78. The molecule has 2 amide bonds. The molecule has 1 aliphatic rings. The number of thioether (sulfide) groups is 1. The number of ketones is 1. The van der Waals surface area contributed by atoms with Crippen LogP contribution in [0.25, 0.3) is 6.08 Å². The standard InChI is InChI=1S/C21H16BrNO4S/c1-2-11-27-17-9-3-14(4-10-17)12-19-20(25)23(21(26)28-19)13-18(24)15-5-7-16(22)8-6-15/h2-10,12H,1,11,13H2/b19-12+. The molecule has 1 fully saturated rings. The van der Waals surface area contributed by atoms with Gasteiger partial charge in [-0.25, -0.2) is 0 Å². The number of carbonyl (C=O) groups excluding carboxylic acids is 3. The van der Waals surface area contributed by atoms with Gasteiger partial charge < -0.3 is 4.74 Å². The van der Waals surface area contributed by atoms with Gasteiger partial charge in [-0.2, -0.15) is 0 Å². The van der Waals surface area contributed by atoms with E-state index in [2.05, 4.69) is 22.5 Å². The maximum atomic E-state index is 12.6. The van der Waals surface area contributed by atoms with E-state index in [-0.39, 0.29) is 17.2 Å². The summed E-state index contributed by atoms with van der Waals surface area (Å²) in [5.74, 6) is -0.0718. The zero-order chi connectivity index (χ0) is 20.1. The number of nitrogens with zero attached hydrogens (tertiary/aromatic N) is 1. The molecule has 2 aromatic carbocycles. The van der Waals surface area contributed by atoms with E-state index >= 15 is 0 Å². The number of carbonyl (C=O) groups is 3. The first-order valence-electron chi connectivity index (χ1n) is 8.36. The second kappa shape index (κ2) is 9.03. The van der Waals surface area contributed by atoms with Crippen LogP contribution in [0, 0.1) is 0 Å². The van der Waals surface area contributed by atoms with Crippen LogP contribution in [0.4, 0.5) is 4.79 Å². The SMILES string of the molecule is C=CCOc1ccc(/C=C2/SC(=O)N(CC(=O)c3ccc(Br)cc3)C2=O)cc1. The van der Waals surface area contributed by atoms with Crippen molar-refractivity contribution in [3.05, 3.63) is 81.7 Å². The van der Waals surface area contributed by atoms with E-state index in [1.165, 1.54) is 0 Å². The number of ether oxygens (including phenoxy) is 1. The molecule has 1 saturated heterocycles. The van der Waals surface area contributed by atoms with Gasteiger partial charge in [0.1, 0.15) is 12.4 Å². The molecule has 0 aromatic heterocycles. The van der Waals surface area contributed by atoms with Gasteiger partial charge >= 0.3 is 0 Å². The third kappa shape index (κ3) is 4.79. The maximum absolute atomic E-state index is 12.6. The Hall–Kier alpha value is -2.64. The van der Waals surface area contributed by atoms with E-state index in [0.29, 0.717) is 17.9 Å². The first-order chi connectivity index (χ1) is 13.5. The van der Waals surface area contributed by atoms with Crippen molar-refractivity contribution in [3.63, 3.8) is 0 Å². The van der Waals surface area contributed by atoms with Crippen molar-refractivity contribution >= 4 is 50.7 Å². The molecule has 142 valence electrons. The number of rotatable bonds is 7. The fraction of sp³-hybridized carbons (Fsp3) is 0.0952. The van der Waals surface area contributed by atoms with Crippen LogP contribution in [0.1, 0.15) is 15.9 Å². The monoisotopic (exact) mass is 457 g/mol. The van der Waals surface area contributed by atoms with Crippen LogP contribution < -0.4 is 4.74 Å². The van der Waals surface area contributed by atoms with Gasteiger partial charge in [0, 0.05) is 10.0 Å². The van der Waals surface area contributed by atoms with Crippen molar-refractivity contribution in [2.24, 2.45) is 0 Å². The van der Waals surface area contributed by atoms with E-state index in [1.807, 2.05) is 0 Å². The highest BCUT2D eigenvalue weighted by Crippen LogP contribution is 2.32. The first kappa shape index (κ1) is 20.1. The molecule has 0 radical (unpaired) electrons. The minimum atomic E-state index is -0.465. The van der Waals surface area contributed by atoms with Crippen LogP contribution >= 0.6 is 27.7 Å². The number of benzene rings is 2. The lowest BCUT2D eigenvalue weighted by atomic mass is 10.1. The molecule has 0 bridgehead atoms. The average molecular weight is 458 g/mol. The van der Waals surface area contributed by atoms with E-state index in [0.717, 1.165) is 26.7 Å². The van der Waals surface area contributed by atoms with Crippen molar-refractivity contribution in [2.45, 2.75) is 0 Å². The Labute approximate surface area is 175 Å². The Kier molecular flexibility index (Phi) is 6.49. The summed E-state index contributed by atoms with van der Waals surface area (Å²) in [7, 11) is 0. The minimum absolute atomic E-state index is 0.280. The van der Waals surface area contributed by atoms with Crippen molar-refractivity contribution in [3.8, 4) is 5.75 Å². The zero-order valence-electron chi connectivity index (χ0n) is 14.8. The average Bonchev–Trinajstić information content (AvgIpc) is 2.95. The Bertz CT molecular complexity index is 951. The Balaban J connectivity index is 1.70. The number of amides is 2. The normalized spacial score (nSPS) is 15.2. The fourth-order valence-electron chi connectivity index (χ4n) is 2.47. The van der Waals surface area contributed by atoms with Gasteiger partial charge in [-0.3, -0.25) is 19.3 Å². The predicted octanol–water partition coefficient (Wildman–Crippen LogP) is 4.93. The Morgan fingerprint density at radius 1 is 1.11 bits per heavy atom. The molecule has 7 heteroatoms. The van der Waals surface area contributed by atoms with E-state index < -0.39 is 11.1 Å². The highest BCUT2D eigenvalue weighted by Gasteiger charge is 2.36. The number of imide groups is 1. The Morgan fingerprint density at radius 2 is 1.79 bits per heavy atom. The maximum Gasteiger partial charge on any atom is 0.293 e. The zero-order valence-corrected chi connectivity index (χ0v) is 17.2. The summed E-state index contributed by atoms with van der Waals surface area (Å²) in [6.45, 7) is 3.72. The molecule has 1 heterocycles. The van der Waals surface area contributed by atoms with Crippen LogP contribution in [0.2, 0.25) is 0 Å². The summed E-state index contributed by atoms with van der Waals surface area (Å²) in [6, 6.07) is 13.9. The van der Waals surface area contributed by atoms with Gasteiger partial charge in [-0.05, 0) is 47.7 Å². The fourth-order valence-corrected chi connectivity index (χ4v) is 3.58. The topological polar surface area (TPSA) is 63.7 Å². The molecule has 0 spiro atoms. The molecule has 0 atom stereocenters. The Morgan fingerprint density at radius 3 is 2.43 bits per heavy atom. The summed E-state index contributed by atoms with van der Waals surface area (Å²) in [6.07, 6.45) is 3.28. The van der Waals surface area contributed by atoms with Crippen molar-refractivity contribution < 1.29 is 19.1 Å². The number of halogens is 1. The predicted molar refractivity (Wildman–Crippen MR) is 113 cm³/mol. The highest BCUT2D eigenvalue weighted by atomic mass is 79.9. The molecule has 0 N–H and O–H groups in total. The lowest BCUT2D eigenvalue weighted by Crippen LogP contribution is -2.33. The molecule has 5 nitrogen and oxygen atoms in total. The lowest BCUT2D eigenvalue weighted by molar-refractivity contribution is -0.122. The quantitative estimate of drug-likeness (QED) is 0.335. The third-order valence-electron chi connectivity index (χ3n) is 3.89. The largest absolute Gasteiger partial charge is 0.490 e. The number of hydrogen-bond acceptors (Lipinski definition) is 5. The van der Waals surface area contributed by atoms with Crippen LogP contribution in [-0.2, 0) is 4.79 Å². The molecule has 0 unspecified atom stereocenters. The summed E-state index contributed by atoms with van der Waals surface area (Å²) in [5.41, 5.74) is 1.21. The van der Waals surface area contributed by atoms with Crippen LogP contribution in [0.3, 0.4) is 0 Å². The van der Waals surface area contributed by atoms with Crippen molar-refractivity contribution in [1.82, 2.24) is 4.90 Å². The molecule has 0 aliphatic carbocycles. The summed E-state index contributed by atoms with van der Waals surface area (Å²) in [4.78, 5) is 38.4. The van der Waals surface area contributed by atoms with E-state index in [1.54, 1.807) is 60.7 Å². The molecule has 28 heavy (non-hydrogen) atoms. The number of Topliss-reactive ketones (excluding diaryl/α,β-unsaturated/α-hetero) is 1. The van der Waals surface area contributed by atoms with Gasteiger partial charge in [0.25, 0.3) is 11.1 Å². The third-order valence-corrected chi connectivity index (χ3v) is 5.32. The van der Waals surface area contributed by atoms with Gasteiger partial charge in [-0.15, -0.1) is 0 Å². The minimum Gasteiger partial charge on any atom is -0.490 e. The molecule has 2 aromatic rings. The van der Waals surface area contributed by atoms with Crippen molar-refractivity contribution in [1.29, 1.82) is 0 Å². The summed E-state index contributed by atoms with van der Waals surface area (Å²) >= 11 is 4.13. The molecular formula is C21H16BrNO4S. The highest BCUT2D eigenvalue weighted by molar-refractivity contribution is 9.10. The molecular weight excluding hydrogens is 442 g/mol. The molecule has 3 rings (SSSR count). The van der Waals surface area contributed by atoms with E-state index in [4.69, 9.17) is 4.74 Å². The molecule has 0 saturated carbocycles. The van der Waals surface area contributed by atoms with Gasteiger partial charge in [-0.1, -0.05) is 52.9 Å². The lowest BCUT2D eigenvalue weighted by Gasteiger charge is -2.11. The smallest absolute Gasteiger partial charge is 0.293 e. The summed E-state index contributed by atoms with van der Waals surface area (Å²) in [5, 5.41) is -0.451. The van der Waals surface area contributed by atoms with Gasteiger partial charge in [0.05, 0.1) is 11.4 Å². The van der Waals surface area contributed by atoms with Gasteiger partial charge in [0.2, 0.25) is 0 Å². The van der Waals surface area contributed by atoms with Crippen LogP contribution in [0.5, 0.6) is 5.75 Å². The van der Waals surface area contributed by atoms with Crippen LogP contribution in [-0.4, -0.2) is 35.0 Å². The van der Waals surface area contributed by atoms with Gasteiger partial charge in [0.15, 0.2) is 5.78 Å². The molecule has 1 aliphatic heterocycles.